The molecule has 1 saturated heterocycles. The second-order valence-electron chi connectivity index (χ2n) is 6.17. The summed E-state index contributed by atoms with van der Waals surface area (Å²) in [4.78, 5) is 26.8. The molecule has 6 nitrogen and oxygen atoms in total. The Morgan fingerprint density at radius 3 is 2.84 bits per heavy atom. The van der Waals surface area contributed by atoms with E-state index in [0.717, 1.165) is 5.56 Å². The fourth-order valence-corrected chi connectivity index (χ4v) is 3.25. The zero-order chi connectivity index (χ0) is 17.6. The van der Waals surface area contributed by atoms with Crippen molar-refractivity contribution in [2.45, 2.75) is 13.3 Å². The van der Waals surface area contributed by atoms with Gasteiger partial charge in [0.15, 0.2) is 0 Å². The number of anilines is 1. The van der Waals surface area contributed by atoms with Crippen molar-refractivity contribution in [3.63, 3.8) is 0 Å². The molecule has 1 aromatic heterocycles. The lowest BCUT2D eigenvalue weighted by molar-refractivity contribution is -0.117. The molecule has 1 atom stereocenters. The maximum Gasteiger partial charge on any atom is 0.254 e. The minimum atomic E-state index is -0.460. The van der Waals surface area contributed by atoms with Gasteiger partial charge in [0, 0.05) is 23.7 Å². The highest BCUT2D eigenvalue weighted by molar-refractivity contribution is 6.31. The molecule has 0 radical (unpaired) electrons. The fraction of sp³-hybridized carbons (Fsp3) is 0.222. The summed E-state index contributed by atoms with van der Waals surface area (Å²) < 4.78 is 1.29. The Morgan fingerprint density at radius 1 is 1.24 bits per heavy atom. The maximum atomic E-state index is 12.8. The van der Waals surface area contributed by atoms with Crippen LogP contribution in [0, 0.1) is 12.8 Å². The summed E-state index contributed by atoms with van der Waals surface area (Å²) in [5.74, 6) is -0.775. The van der Waals surface area contributed by atoms with Gasteiger partial charge < -0.3 is 4.90 Å². The Kier molecular flexibility index (Phi) is 3.77. The molecule has 1 fully saturated rings. The van der Waals surface area contributed by atoms with E-state index in [-0.39, 0.29) is 18.2 Å². The average Bonchev–Trinajstić information content (AvgIpc) is 3.20. The number of hydrogen-bond acceptors (Lipinski definition) is 4. The van der Waals surface area contributed by atoms with Crippen molar-refractivity contribution in [1.29, 1.82) is 0 Å². The van der Waals surface area contributed by atoms with Gasteiger partial charge in [0.1, 0.15) is 5.52 Å². The van der Waals surface area contributed by atoms with E-state index in [1.807, 2.05) is 31.2 Å². The van der Waals surface area contributed by atoms with Gasteiger partial charge in [-0.1, -0.05) is 35.0 Å². The second-order valence-corrected chi connectivity index (χ2v) is 6.57. The molecule has 0 N–H and O–H groups in total. The van der Waals surface area contributed by atoms with E-state index in [9.17, 15) is 9.59 Å². The SMILES string of the molecule is Cc1ccc(N2C[C@@H](C(=O)n3nnc4ccccc43)CC2=O)cc1Cl. The lowest BCUT2D eigenvalue weighted by Crippen LogP contribution is -2.28. The van der Waals surface area contributed by atoms with Crippen LogP contribution in [0.25, 0.3) is 11.0 Å². The quantitative estimate of drug-likeness (QED) is 0.709. The number of fused-ring (bicyclic) bond motifs is 1. The van der Waals surface area contributed by atoms with Crippen LogP contribution in [0.5, 0.6) is 0 Å². The van der Waals surface area contributed by atoms with Crippen molar-refractivity contribution >= 4 is 40.1 Å². The molecule has 2 aromatic carbocycles. The third-order valence-corrected chi connectivity index (χ3v) is 4.91. The predicted molar refractivity (Wildman–Crippen MR) is 94.8 cm³/mol. The number of para-hydroxylation sites is 1. The van der Waals surface area contributed by atoms with Gasteiger partial charge in [0.05, 0.1) is 11.4 Å². The van der Waals surface area contributed by atoms with Crippen molar-refractivity contribution in [2.75, 3.05) is 11.4 Å². The second kappa shape index (κ2) is 5.97. The molecule has 4 rings (SSSR count). The number of aromatic nitrogens is 3. The summed E-state index contributed by atoms with van der Waals surface area (Å²) in [6.45, 7) is 2.21. The Bertz CT molecular complexity index is 998. The van der Waals surface area contributed by atoms with E-state index in [4.69, 9.17) is 11.6 Å². The largest absolute Gasteiger partial charge is 0.312 e. The predicted octanol–water partition coefficient (Wildman–Crippen LogP) is 3.09. The molecule has 1 aliphatic rings. The molecule has 1 amide bonds. The number of halogens is 1. The molecule has 1 aliphatic heterocycles. The first-order valence-electron chi connectivity index (χ1n) is 7.96. The lowest BCUT2D eigenvalue weighted by Gasteiger charge is -2.17. The summed E-state index contributed by atoms with van der Waals surface area (Å²) in [6, 6.07) is 12.7. The minimum absolute atomic E-state index is 0.0947. The monoisotopic (exact) mass is 354 g/mol. The minimum Gasteiger partial charge on any atom is -0.312 e. The van der Waals surface area contributed by atoms with Crippen LogP contribution in [0.1, 0.15) is 16.8 Å². The molecule has 2 heterocycles. The number of benzene rings is 2. The van der Waals surface area contributed by atoms with E-state index in [2.05, 4.69) is 10.3 Å². The zero-order valence-corrected chi connectivity index (χ0v) is 14.3. The number of nitrogens with zero attached hydrogens (tertiary/aromatic N) is 4. The van der Waals surface area contributed by atoms with Crippen LogP contribution >= 0.6 is 11.6 Å². The molecular formula is C18H15ClN4O2. The molecule has 0 spiro atoms. The Labute approximate surface area is 149 Å². The molecule has 126 valence electrons. The smallest absolute Gasteiger partial charge is 0.254 e. The number of carbonyl (C=O) groups is 2. The van der Waals surface area contributed by atoms with Crippen LogP contribution in [0.4, 0.5) is 5.69 Å². The van der Waals surface area contributed by atoms with Gasteiger partial charge in [-0.15, -0.1) is 5.10 Å². The number of carbonyl (C=O) groups excluding carboxylic acids is 2. The Morgan fingerprint density at radius 2 is 2.04 bits per heavy atom. The molecule has 25 heavy (non-hydrogen) atoms. The Hall–Kier alpha value is -2.73. The van der Waals surface area contributed by atoms with Crippen LogP contribution in [0.3, 0.4) is 0 Å². The third-order valence-electron chi connectivity index (χ3n) is 4.50. The standard InChI is InChI=1S/C18H15ClN4O2/c1-11-6-7-13(9-14(11)19)22-10-12(8-17(22)24)18(25)23-16-5-3-2-4-15(16)20-21-23/h2-7,9,12H,8,10H2,1H3/t12-/m0/s1. The first kappa shape index (κ1) is 15.8. The fourth-order valence-electron chi connectivity index (χ4n) is 3.08. The molecular weight excluding hydrogens is 340 g/mol. The first-order chi connectivity index (χ1) is 12.0. The molecule has 0 bridgehead atoms. The maximum absolute atomic E-state index is 12.8. The van der Waals surface area contributed by atoms with Gasteiger partial charge in [0.25, 0.3) is 5.91 Å². The van der Waals surface area contributed by atoms with Crippen LogP contribution in [0.15, 0.2) is 42.5 Å². The number of aryl methyl sites for hydroxylation is 1. The van der Waals surface area contributed by atoms with Crippen molar-refractivity contribution in [1.82, 2.24) is 15.0 Å². The normalized spacial score (nSPS) is 17.4. The van der Waals surface area contributed by atoms with Crippen molar-refractivity contribution in [2.24, 2.45) is 5.92 Å². The van der Waals surface area contributed by atoms with Gasteiger partial charge in [-0.2, -0.15) is 4.68 Å². The van der Waals surface area contributed by atoms with E-state index in [1.165, 1.54) is 4.68 Å². The highest BCUT2D eigenvalue weighted by Gasteiger charge is 2.36. The van der Waals surface area contributed by atoms with Crippen molar-refractivity contribution in [3.05, 3.63) is 53.1 Å². The molecule has 0 saturated carbocycles. The van der Waals surface area contributed by atoms with Crippen LogP contribution in [0.2, 0.25) is 5.02 Å². The van der Waals surface area contributed by atoms with Gasteiger partial charge >= 0.3 is 0 Å². The topological polar surface area (TPSA) is 68.1 Å². The van der Waals surface area contributed by atoms with Gasteiger partial charge in [0.2, 0.25) is 5.91 Å². The summed E-state index contributed by atoms with van der Waals surface area (Å²) in [6.07, 6.45) is 0.151. The summed E-state index contributed by atoms with van der Waals surface area (Å²) in [7, 11) is 0. The lowest BCUT2D eigenvalue weighted by atomic mass is 10.1. The van der Waals surface area contributed by atoms with Crippen LogP contribution in [-0.4, -0.2) is 33.4 Å². The number of rotatable bonds is 2. The summed E-state index contributed by atoms with van der Waals surface area (Å²) in [5, 5.41) is 8.56. The molecule has 7 heteroatoms. The van der Waals surface area contributed by atoms with E-state index in [0.29, 0.717) is 28.3 Å². The van der Waals surface area contributed by atoms with E-state index in [1.54, 1.807) is 23.1 Å². The molecule has 3 aromatic rings. The van der Waals surface area contributed by atoms with Crippen molar-refractivity contribution < 1.29 is 9.59 Å². The highest BCUT2D eigenvalue weighted by atomic mass is 35.5. The van der Waals surface area contributed by atoms with E-state index >= 15 is 0 Å². The van der Waals surface area contributed by atoms with Crippen molar-refractivity contribution in [3.8, 4) is 0 Å². The Balaban J connectivity index is 1.61. The third kappa shape index (κ3) is 2.68. The van der Waals surface area contributed by atoms with Gasteiger partial charge in [-0.05, 0) is 36.8 Å². The van der Waals surface area contributed by atoms with E-state index < -0.39 is 5.92 Å². The molecule has 0 aliphatic carbocycles. The van der Waals surface area contributed by atoms with Crippen LogP contribution in [-0.2, 0) is 4.79 Å². The summed E-state index contributed by atoms with van der Waals surface area (Å²) >= 11 is 6.16. The zero-order valence-electron chi connectivity index (χ0n) is 13.5. The number of amides is 1. The summed E-state index contributed by atoms with van der Waals surface area (Å²) in [5.41, 5.74) is 2.96. The first-order valence-corrected chi connectivity index (χ1v) is 8.33. The number of hydrogen-bond donors (Lipinski definition) is 0. The van der Waals surface area contributed by atoms with Gasteiger partial charge in [-0.25, -0.2) is 0 Å². The molecule has 0 unspecified atom stereocenters. The highest BCUT2D eigenvalue weighted by Crippen LogP contribution is 2.29. The average molecular weight is 355 g/mol. The van der Waals surface area contributed by atoms with Gasteiger partial charge in [-0.3, -0.25) is 9.59 Å². The van der Waals surface area contributed by atoms with Crippen LogP contribution < -0.4 is 4.90 Å².